The molecule has 0 fully saturated rings. The molecule has 0 aliphatic heterocycles. The topological polar surface area (TPSA) is 17.8 Å². The fourth-order valence-electron chi connectivity index (χ4n) is 1.25. The van der Waals surface area contributed by atoms with Gasteiger partial charge in [0, 0.05) is 12.1 Å². The van der Waals surface area contributed by atoms with Crippen LogP contribution in [0.25, 0.3) is 11.0 Å². The maximum absolute atomic E-state index is 5.98. The highest BCUT2D eigenvalue weighted by Gasteiger charge is 2.02. The Kier molecular flexibility index (Phi) is 1.58. The van der Waals surface area contributed by atoms with Crippen LogP contribution in [-0.4, -0.2) is 9.55 Å². The van der Waals surface area contributed by atoms with Crippen LogP contribution in [0.1, 0.15) is 5.56 Å². The van der Waals surface area contributed by atoms with Gasteiger partial charge in [-0.05, 0) is 24.6 Å². The minimum atomic E-state index is 0.797. The first kappa shape index (κ1) is 7.62. The third kappa shape index (κ3) is 0.994. The summed E-state index contributed by atoms with van der Waals surface area (Å²) in [6.07, 6.45) is 1.79. The highest BCUT2D eigenvalue weighted by Crippen LogP contribution is 2.21. The van der Waals surface area contributed by atoms with Crippen LogP contribution >= 0.6 is 11.6 Å². The van der Waals surface area contributed by atoms with Gasteiger partial charge in [0.15, 0.2) is 0 Å². The van der Waals surface area contributed by atoms with Crippen molar-refractivity contribution in [2.24, 2.45) is 7.05 Å². The van der Waals surface area contributed by atoms with E-state index >= 15 is 0 Å². The van der Waals surface area contributed by atoms with E-state index < -0.39 is 0 Å². The van der Waals surface area contributed by atoms with Crippen LogP contribution in [0.4, 0.5) is 0 Å². The third-order valence-corrected chi connectivity index (χ3v) is 2.41. The van der Waals surface area contributed by atoms with Crippen molar-refractivity contribution in [3.05, 3.63) is 29.0 Å². The highest BCUT2D eigenvalue weighted by atomic mass is 35.5. The average molecular weight is 181 g/mol. The predicted molar refractivity (Wildman–Crippen MR) is 50.5 cm³/mol. The lowest BCUT2D eigenvalue weighted by atomic mass is 10.2. The SMILES string of the molecule is Cc1cc2ncn(C)c2cc1Cl. The molecule has 0 radical (unpaired) electrons. The minimum absolute atomic E-state index is 0.797. The van der Waals surface area contributed by atoms with Gasteiger partial charge in [0.05, 0.1) is 17.4 Å². The fraction of sp³-hybridized carbons (Fsp3) is 0.222. The van der Waals surface area contributed by atoms with Gasteiger partial charge in [-0.1, -0.05) is 11.6 Å². The molecule has 0 atom stereocenters. The van der Waals surface area contributed by atoms with Gasteiger partial charge in [-0.15, -0.1) is 0 Å². The lowest BCUT2D eigenvalue weighted by Gasteiger charge is -1.98. The number of benzene rings is 1. The van der Waals surface area contributed by atoms with Gasteiger partial charge in [-0.2, -0.15) is 0 Å². The molecule has 1 heterocycles. The van der Waals surface area contributed by atoms with E-state index in [-0.39, 0.29) is 0 Å². The molecule has 0 saturated carbocycles. The minimum Gasteiger partial charge on any atom is -0.334 e. The molecule has 62 valence electrons. The van der Waals surface area contributed by atoms with E-state index in [1.807, 2.05) is 30.7 Å². The molecule has 0 aliphatic rings. The molecule has 1 aromatic carbocycles. The maximum Gasteiger partial charge on any atom is 0.0955 e. The Morgan fingerprint density at radius 3 is 2.92 bits per heavy atom. The summed E-state index contributed by atoms with van der Waals surface area (Å²) in [7, 11) is 1.96. The molecule has 0 amide bonds. The Bertz CT molecular complexity index is 431. The fourth-order valence-corrected chi connectivity index (χ4v) is 1.41. The van der Waals surface area contributed by atoms with Crippen molar-refractivity contribution in [3.63, 3.8) is 0 Å². The zero-order valence-electron chi connectivity index (χ0n) is 7.00. The van der Waals surface area contributed by atoms with E-state index in [1.54, 1.807) is 6.33 Å². The molecule has 0 unspecified atom stereocenters. The van der Waals surface area contributed by atoms with Gasteiger partial charge >= 0.3 is 0 Å². The molecule has 1 aromatic heterocycles. The van der Waals surface area contributed by atoms with Crippen LogP contribution < -0.4 is 0 Å². The summed E-state index contributed by atoms with van der Waals surface area (Å²) in [6.45, 7) is 1.98. The van der Waals surface area contributed by atoms with Gasteiger partial charge in [-0.3, -0.25) is 0 Å². The number of aryl methyl sites for hydroxylation is 2. The van der Waals surface area contributed by atoms with Crippen LogP contribution in [0.3, 0.4) is 0 Å². The van der Waals surface area contributed by atoms with Crippen LogP contribution in [0.5, 0.6) is 0 Å². The zero-order valence-corrected chi connectivity index (χ0v) is 7.76. The first-order valence-corrected chi connectivity index (χ1v) is 4.13. The summed E-state index contributed by atoms with van der Waals surface area (Å²) in [6, 6.07) is 3.94. The van der Waals surface area contributed by atoms with Gasteiger partial charge in [0.1, 0.15) is 0 Å². The second-order valence-electron chi connectivity index (χ2n) is 2.95. The van der Waals surface area contributed by atoms with Gasteiger partial charge < -0.3 is 4.57 Å². The zero-order chi connectivity index (χ0) is 8.72. The summed E-state index contributed by atoms with van der Waals surface area (Å²) in [5.41, 5.74) is 3.15. The summed E-state index contributed by atoms with van der Waals surface area (Å²) in [5, 5.41) is 0.797. The molecular weight excluding hydrogens is 172 g/mol. The van der Waals surface area contributed by atoms with Crippen LogP contribution in [-0.2, 0) is 7.05 Å². The Labute approximate surface area is 75.8 Å². The highest BCUT2D eigenvalue weighted by molar-refractivity contribution is 6.32. The smallest absolute Gasteiger partial charge is 0.0955 e. The number of aromatic nitrogens is 2. The average Bonchev–Trinajstić information content (AvgIpc) is 2.35. The molecule has 2 nitrogen and oxygen atoms in total. The van der Waals surface area contributed by atoms with Crippen molar-refractivity contribution in [1.29, 1.82) is 0 Å². The number of imidazole rings is 1. The molecule has 2 aromatic rings. The van der Waals surface area contributed by atoms with Gasteiger partial charge in [0.25, 0.3) is 0 Å². The van der Waals surface area contributed by atoms with E-state index in [9.17, 15) is 0 Å². The molecule has 0 bridgehead atoms. The van der Waals surface area contributed by atoms with E-state index in [4.69, 9.17) is 11.6 Å². The molecule has 0 saturated heterocycles. The van der Waals surface area contributed by atoms with Crippen molar-refractivity contribution >= 4 is 22.6 Å². The van der Waals surface area contributed by atoms with Crippen molar-refractivity contribution in [2.75, 3.05) is 0 Å². The normalized spacial score (nSPS) is 10.9. The second-order valence-corrected chi connectivity index (χ2v) is 3.35. The molecule has 0 spiro atoms. The Balaban J connectivity index is 2.87. The Morgan fingerprint density at radius 2 is 2.17 bits per heavy atom. The van der Waals surface area contributed by atoms with Crippen molar-refractivity contribution < 1.29 is 0 Å². The molecule has 2 rings (SSSR count). The monoisotopic (exact) mass is 180 g/mol. The summed E-state index contributed by atoms with van der Waals surface area (Å²) in [4.78, 5) is 4.22. The first-order chi connectivity index (χ1) is 5.68. The van der Waals surface area contributed by atoms with Crippen LogP contribution in [0.2, 0.25) is 5.02 Å². The quantitative estimate of drug-likeness (QED) is 0.609. The van der Waals surface area contributed by atoms with E-state index in [1.165, 1.54) is 0 Å². The molecule has 3 heteroatoms. The third-order valence-electron chi connectivity index (χ3n) is 2.01. The van der Waals surface area contributed by atoms with Crippen LogP contribution in [0, 0.1) is 6.92 Å². The van der Waals surface area contributed by atoms with Gasteiger partial charge in [0.2, 0.25) is 0 Å². The number of nitrogens with zero attached hydrogens (tertiary/aromatic N) is 2. The second kappa shape index (κ2) is 2.49. The molecule has 12 heavy (non-hydrogen) atoms. The van der Waals surface area contributed by atoms with E-state index in [0.717, 1.165) is 21.6 Å². The molecular formula is C9H9ClN2. The first-order valence-electron chi connectivity index (χ1n) is 3.75. The van der Waals surface area contributed by atoms with Crippen molar-refractivity contribution in [2.45, 2.75) is 6.92 Å². The van der Waals surface area contributed by atoms with Crippen molar-refractivity contribution in [1.82, 2.24) is 9.55 Å². The number of halogens is 1. The number of fused-ring (bicyclic) bond motifs is 1. The van der Waals surface area contributed by atoms with E-state index in [0.29, 0.717) is 0 Å². The largest absolute Gasteiger partial charge is 0.334 e. The number of hydrogen-bond acceptors (Lipinski definition) is 1. The Morgan fingerprint density at radius 1 is 1.42 bits per heavy atom. The standard InChI is InChI=1S/C9H9ClN2/c1-6-3-8-9(4-7(6)10)12(2)5-11-8/h3-5H,1-2H3. The number of hydrogen-bond donors (Lipinski definition) is 0. The van der Waals surface area contributed by atoms with Crippen LogP contribution in [0.15, 0.2) is 18.5 Å². The maximum atomic E-state index is 5.98. The van der Waals surface area contributed by atoms with Gasteiger partial charge in [-0.25, -0.2) is 4.98 Å². The van der Waals surface area contributed by atoms with Crippen molar-refractivity contribution in [3.8, 4) is 0 Å². The molecule has 0 N–H and O–H groups in total. The van der Waals surface area contributed by atoms with E-state index in [2.05, 4.69) is 4.98 Å². The Hall–Kier alpha value is -1.02. The lowest BCUT2D eigenvalue weighted by Crippen LogP contribution is -1.84. The summed E-state index contributed by atoms with van der Waals surface area (Å²) in [5.74, 6) is 0. The lowest BCUT2D eigenvalue weighted by molar-refractivity contribution is 0.947. The summed E-state index contributed by atoms with van der Waals surface area (Å²) < 4.78 is 1.96. The predicted octanol–water partition coefficient (Wildman–Crippen LogP) is 2.54. The summed E-state index contributed by atoms with van der Waals surface area (Å²) >= 11 is 5.98. The molecule has 0 aliphatic carbocycles. The number of rotatable bonds is 0.